The zero-order chi connectivity index (χ0) is 11.5. The Morgan fingerprint density at radius 1 is 1.25 bits per heavy atom. The highest BCUT2D eigenvalue weighted by atomic mass is 127. The van der Waals surface area contributed by atoms with Crippen LogP contribution in [-0.2, 0) is 6.61 Å². The lowest BCUT2D eigenvalue weighted by molar-refractivity contribution is 0.260. The zero-order valence-electron chi connectivity index (χ0n) is 9.16. The molecule has 0 aliphatic heterocycles. The maximum absolute atomic E-state index is 5.56. The van der Waals surface area contributed by atoms with Crippen molar-refractivity contribution in [2.75, 3.05) is 0 Å². The number of hydrogen-bond acceptors (Lipinski definition) is 3. The maximum atomic E-state index is 5.56. The molecular weight excluding hydrogens is 317 g/mol. The van der Waals surface area contributed by atoms with Crippen LogP contribution in [0.3, 0.4) is 0 Å². The number of hydrogen-bond donors (Lipinski definition) is 0. The molecule has 0 spiro atoms. The molecule has 2 aromatic rings. The standard InChI is InChI=1S/C12H12INO2/c1-8-9(2)16-12(14-8)7-15-11-5-3-10(13)4-6-11/h3-6H,7H2,1-2H3. The summed E-state index contributed by atoms with van der Waals surface area (Å²) in [7, 11) is 0. The fourth-order valence-corrected chi connectivity index (χ4v) is 1.64. The Hall–Kier alpha value is -1.04. The van der Waals surface area contributed by atoms with E-state index in [0.717, 1.165) is 17.2 Å². The van der Waals surface area contributed by atoms with E-state index in [9.17, 15) is 0 Å². The third kappa shape index (κ3) is 2.75. The van der Waals surface area contributed by atoms with Gasteiger partial charge < -0.3 is 9.15 Å². The van der Waals surface area contributed by atoms with E-state index in [-0.39, 0.29) is 0 Å². The van der Waals surface area contributed by atoms with Crippen LogP contribution < -0.4 is 4.74 Å². The summed E-state index contributed by atoms with van der Waals surface area (Å²) in [4.78, 5) is 4.25. The summed E-state index contributed by atoms with van der Waals surface area (Å²) >= 11 is 2.26. The van der Waals surface area contributed by atoms with Crippen LogP contribution in [0.5, 0.6) is 5.75 Å². The molecule has 1 aromatic heterocycles. The summed E-state index contributed by atoms with van der Waals surface area (Å²) in [6.45, 7) is 4.19. The predicted octanol–water partition coefficient (Wildman–Crippen LogP) is 3.48. The Labute approximate surface area is 108 Å². The molecule has 0 unspecified atom stereocenters. The van der Waals surface area contributed by atoms with Crippen molar-refractivity contribution >= 4 is 22.6 Å². The molecule has 0 saturated heterocycles. The largest absolute Gasteiger partial charge is 0.484 e. The maximum Gasteiger partial charge on any atom is 0.232 e. The lowest BCUT2D eigenvalue weighted by atomic mass is 10.3. The lowest BCUT2D eigenvalue weighted by Crippen LogP contribution is -1.95. The fourth-order valence-electron chi connectivity index (χ4n) is 1.28. The van der Waals surface area contributed by atoms with E-state index in [0.29, 0.717) is 12.5 Å². The molecule has 0 saturated carbocycles. The SMILES string of the molecule is Cc1nc(COc2ccc(I)cc2)oc1C. The van der Waals surface area contributed by atoms with Gasteiger partial charge in [-0.2, -0.15) is 0 Å². The first-order chi connectivity index (χ1) is 7.65. The van der Waals surface area contributed by atoms with Crippen molar-refractivity contribution < 1.29 is 9.15 Å². The first-order valence-corrected chi connectivity index (χ1v) is 6.04. The third-order valence-corrected chi connectivity index (χ3v) is 2.97. The van der Waals surface area contributed by atoms with Crippen LogP contribution in [0, 0.1) is 17.4 Å². The number of nitrogens with zero attached hydrogens (tertiary/aromatic N) is 1. The Bertz CT molecular complexity index is 457. The lowest BCUT2D eigenvalue weighted by Gasteiger charge is -2.02. The minimum atomic E-state index is 0.370. The second-order valence-corrected chi connectivity index (χ2v) is 4.74. The van der Waals surface area contributed by atoms with Crippen molar-refractivity contribution in [1.29, 1.82) is 0 Å². The Morgan fingerprint density at radius 2 is 1.94 bits per heavy atom. The van der Waals surface area contributed by atoms with Gasteiger partial charge in [-0.25, -0.2) is 4.98 Å². The summed E-state index contributed by atoms with van der Waals surface area (Å²) in [6, 6.07) is 7.87. The van der Waals surface area contributed by atoms with Gasteiger partial charge in [0.1, 0.15) is 11.5 Å². The van der Waals surface area contributed by atoms with Crippen LogP contribution in [0.1, 0.15) is 17.3 Å². The number of oxazole rings is 1. The topological polar surface area (TPSA) is 35.3 Å². The third-order valence-electron chi connectivity index (χ3n) is 2.25. The summed E-state index contributed by atoms with van der Waals surface area (Å²) in [5, 5.41) is 0. The number of halogens is 1. The van der Waals surface area contributed by atoms with Crippen molar-refractivity contribution in [3.8, 4) is 5.75 Å². The number of ether oxygens (including phenoxy) is 1. The van der Waals surface area contributed by atoms with E-state index in [1.54, 1.807) is 0 Å². The first kappa shape index (κ1) is 11.4. The quantitative estimate of drug-likeness (QED) is 0.809. The van der Waals surface area contributed by atoms with Gasteiger partial charge in [-0.1, -0.05) is 0 Å². The number of benzene rings is 1. The van der Waals surface area contributed by atoms with Gasteiger partial charge >= 0.3 is 0 Å². The van der Waals surface area contributed by atoms with Crippen molar-refractivity contribution in [3.63, 3.8) is 0 Å². The van der Waals surface area contributed by atoms with Crippen molar-refractivity contribution in [1.82, 2.24) is 4.98 Å². The van der Waals surface area contributed by atoms with E-state index in [2.05, 4.69) is 27.6 Å². The average Bonchev–Trinajstić information content (AvgIpc) is 2.58. The van der Waals surface area contributed by atoms with E-state index in [4.69, 9.17) is 9.15 Å². The highest BCUT2D eigenvalue weighted by molar-refractivity contribution is 14.1. The molecule has 0 amide bonds. The number of aromatic nitrogens is 1. The summed E-state index contributed by atoms with van der Waals surface area (Å²) < 4.78 is 12.2. The Morgan fingerprint density at radius 3 is 2.50 bits per heavy atom. The number of aryl methyl sites for hydroxylation is 2. The van der Waals surface area contributed by atoms with Gasteiger partial charge in [-0.3, -0.25) is 0 Å². The molecule has 1 aromatic carbocycles. The van der Waals surface area contributed by atoms with Crippen LogP contribution in [0.15, 0.2) is 28.7 Å². The second kappa shape index (κ2) is 4.86. The van der Waals surface area contributed by atoms with Gasteiger partial charge in [0, 0.05) is 3.57 Å². The van der Waals surface area contributed by atoms with Crippen molar-refractivity contribution in [3.05, 3.63) is 45.2 Å². The Balaban J connectivity index is 1.99. The molecule has 16 heavy (non-hydrogen) atoms. The molecule has 0 fully saturated rings. The van der Waals surface area contributed by atoms with Gasteiger partial charge in [0.15, 0.2) is 6.61 Å². The van der Waals surface area contributed by atoms with E-state index in [1.165, 1.54) is 3.57 Å². The van der Waals surface area contributed by atoms with E-state index >= 15 is 0 Å². The molecule has 0 radical (unpaired) electrons. The predicted molar refractivity (Wildman–Crippen MR) is 69.5 cm³/mol. The van der Waals surface area contributed by atoms with Crippen molar-refractivity contribution in [2.45, 2.75) is 20.5 Å². The fraction of sp³-hybridized carbons (Fsp3) is 0.250. The van der Waals surface area contributed by atoms with Gasteiger partial charge in [0.05, 0.1) is 5.69 Å². The number of rotatable bonds is 3. The molecule has 4 heteroatoms. The molecule has 0 aliphatic carbocycles. The van der Waals surface area contributed by atoms with Crippen LogP contribution in [-0.4, -0.2) is 4.98 Å². The van der Waals surface area contributed by atoms with E-state index < -0.39 is 0 Å². The molecule has 2 rings (SSSR count). The van der Waals surface area contributed by atoms with Gasteiger partial charge in [-0.05, 0) is 60.7 Å². The molecule has 0 N–H and O–H groups in total. The molecule has 0 atom stereocenters. The van der Waals surface area contributed by atoms with Crippen LogP contribution >= 0.6 is 22.6 Å². The zero-order valence-corrected chi connectivity index (χ0v) is 11.3. The molecular formula is C12H12INO2. The van der Waals surface area contributed by atoms with E-state index in [1.807, 2.05) is 38.1 Å². The second-order valence-electron chi connectivity index (χ2n) is 3.49. The van der Waals surface area contributed by atoms with Gasteiger partial charge in [0.25, 0.3) is 0 Å². The first-order valence-electron chi connectivity index (χ1n) is 4.96. The minimum absolute atomic E-state index is 0.370. The average molecular weight is 329 g/mol. The monoisotopic (exact) mass is 329 g/mol. The summed E-state index contributed by atoms with van der Waals surface area (Å²) in [5.74, 6) is 2.30. The molecule has 1 heterocycles. The molecule has 3 nitrogen and oxygen atoms in total. The summed E-state index contributed by atoms with van der Waals surface area (Å²) in [5.41, 5.74) is 0.918. The summed E-state index contributed by atoms with van der Waals surface area (Å²) in [6.07, 6.45) is 0. The van der Waals surface area contributed by atoms with Crippen LogP contribution in [0.25, 0.3) is 0 Å². The highest BCUT2D eigenvalue weighted by Gasteiger charge is 2.05. The molecule has 0 bridgehead atoms. The van der Waals surface area contributed by atoms with Crippen LogP contribution in [0.2, 0.25) is 0 Å². The Kier molecular flexibility index (Phi) is 3.48. The van der Waals surface area contributed by atoms with Crippen LogP contribution in [0.4, 0.5) is 0 Å². The smallest absolute Gasteiger partial charge is 0.232 e. The minimum Gasteiger partial charge on any atom is -0.484 e. The van der Waals surface area contributed by atoms with Crippen molar-refractivity contribution in [2.24, 2.45) is 0 Å². The normalized spacial score (nSPS) is 10.4. The highest BCUT2D eigenvalue weighted by Crippen LogP contribution is 2.16. The molecule has 0 aliphatic rings. The molecule has 84 valence electrons. The van der Waals surface area contributed by atoms with Gasteiger partial charge in [-0.15, -0.1) is 0 Å². The van der Waals surface area contributed by atoms with Gasteiger partial charge in [0.2, 0.25) is 5.89 Å².